The van der Waals surface area contributed by atoms with Crippen LogP contribution in [0.15, 0.2) is 0 Å². The van der Waals surface area contributed by atoms with Crippen molar-refractivity contribution in [2.75, 3.05) is 0 Å². The van der Waals surface area contributed by atoms with Crippen LogP contribution in [0.4, 0.5) is 0 Å². The molecule has 0 amide bonds. The Kier molecular flexibility index (Phi) is 1.74. The lowest BCUT2D eigenvalue weighted by Crippen LogP contribution is -2.25. The van der Waals surface area contributed by atoms with Crippen LogP contribution in [0.2, 0.25) is 0 Å². The molecular formula is C2H7NO3S. The van der Waals surface area contributed by atoms with Gasteiger partial charge in [-0.1, -0.05) is 0 Å². The largest absolute Gasteiger partial charge is 0.313 e. The molecule has 0 aromatic heterocycles. The van der Waals surface area contributed by atoms with Crippen LogP contribution in [0.1, 0.15) is 6.92 Å². The van der Waals surface area contributed by atoms with Gasteiger partial charge in [-0.2, -0.15) is 8.42 Å². The third-order valence-electron chi connectivity index (χ3n) is 0.470. The first-order valence-electron chi connectivity index (χ1n) is 1.66. The summed E-state index contributed by atoms with van der Waals surface area (Å²) in [7, 11) is -3.96. The Bertz CT molecular complexity index is 135. The monoisotopic (exact) mass is 125 g/mol. The summed E-state index contributed by atoms with van der Waals surface area (Å²) in [5, 5.41) is -1.17. The lowest BCUT2D eigenvalue weighted by Gasteiger charge is -1.95. The lowest BCUT2D eigenvalue weighted by molar-refractivity contribution is 0.471. The van der Waals surface area contributed by atoms with Crippen LogP contribution < -0.4 is 5.73 Å². The van der Waals surface area contributed by atoms with Gasteiger partial charge in [0.05, 0.1) is 0 Å². The summed E-state index contributed by atoms with van der Waals surface area (Å²) in [6.07, 6.45) is 0. The van der Waals surface area contributed by atoms with Crippen molar-refractivity contribution in [3.8, 4) is 0 Å². The minimum Gasteiger partial charge on any atom is -0.313 e. The zero-order valence-electron chi connectivity index (χ0n) is 3.83. The Morgan fingerprint density at radius 1 is 1.71 bits per heavy atom. The van der Waals surface area contributed by atoms with Gasteiger partial charge in [-0.25, -0.2) is 0 Å². The molecule has 0 spiro atoms. The Labute approximate surface area is 42.1 Å². The molecule has 0 fully saturated rings. The standard InChI is InChI=1S/C2H7NO3S/c1-2(3)7(4,5)6/h2H,3H2,1H3,(H,4,5,6). The minimum atomic E-state index is -3.96. The van der Waals surface area contributed by atoms with E-state index in [0.29, 0.717) is 0 Å². The maximum absolute atomic E-state index is 9.76. The Morgan fingerprint density at radius 2 is 1.86 bits per heavy atom. The summed E-state index contributed by atoms with van der Waals surface area (Å²) in [6, 6.07) is 0. The van der Waals surface area contributed by atoms with Crippen LogP contribution in [0.5, 0.6) is 0 Å². The summed E-state index contributed by atoms with van der Waals surface area (Å²) in [6.45, 7) is 1.19. The quantitative estimate of drug-likeness (QED) is 0.448. The summed E-state index contributed by atoms with van der Waals surface area (Å²) < 4.78 is 27.5. The van der Waals surface area contributed by atoms with Crippen LogP contribution in [-0.4, -0.2) is 18.3 Å². The van der Waals surface area contributed by atoms with Gasteiger partial charge >= 0.3 is 0 Å². The minimum absolute atomic E-state index is 1.17. The van der Waals surface area contributed by atoms with Gasteiger partial charge in [0.15, 0.2) is 0 Å². The maximum Gasteiger partial charge on any atom is 0.280 e. The fourth-order valence-electron chi connectivity index (χ4n) is 0. The molecule has 5 heteroatoms. The second-order valence-corrected chi connectivity index (χ2v) is 2.99. The fourth-order valence-corrected chi connectivity index (χ4v) is 0. The van der Waals surface area contributed by atoms with Crippen molar-refractivity contribution in [1.82, 2.24) is 0 Å². The first-order valence-corrected chi connectivity index (χ1v) is 3.17. The molecule has 0 rings (SSSR count). The zero-order chi connectivity index (χ0) is 6.08. The molecule has 44 valence electrons. The van der Waals surface area contributed by atoms with Crippen LogP contribution in [0.3, 0.4) is 0 Å². The first kappa shape index (κ1) is 6.87. The van der Waals surface area contributed by atoms with Gasteiger partial charge in [0.25, 0.3) is 10.1 Å². The van der Waals surface area contributed by atoms with Gasteiger partial charge < -0.3 is 5.73 Å². The topological polar surface area (TPSA) is 80.4 Å². The second-order valence-electron chi connectivity index (χ2n) is 1.22. The molecule has 3 N–H and O–H groups in total. The SMILES string of the molecule is CC(N)S(=O)(=O)O. The molecule has 4 nitrogen and oxygen atoms in total. The predicted octanol–water partition coefficient (Wildman–Crippen LogP) is -0.821. The van der Waals surface area contributed by atoms with E-state index >= 15 is 0 Å². The molecule has 0 saturated carbocycles. The highest BCUT2D eigenvalue weighted by Gasteiger charge is 2.09. The van der Waals surface area contributed by atoms with Crippen LogP contribution >= 0.6 is 0 Å². The molecule has 0 saturated heterocycles. The van der Waals surface area contributed by atoms with Crippen molar-refractivity contribution in [2.45, 2.75) is 12.3 Å². The molecule has 0 aliphatic carbocycles. The van der Waals surface area contributed by atoms with Gasteiger partial charge in [-0.15, -0.1) is 0 Å². The first-order chi connectivity index (χ1) is 2.94. The normalized spacial score (nSPS) is 16.4. The van der Waals surface area contributed by atoms with Gasteiger partial charge in [0.2, 0.25) is 0 Å². The molecule has 1 atom stereocenters. The fraction of sp³-hybridized carbons (Fsp3) is 1.00. The number of hydrogen-bond donors (Lipinski definition) is 2. The number of nitrogens with two attached hydrogens (primary N) is 1. The Morgan fingerprint density at radius 3 is 1.86 bits per heavy atom. The summed E-state index contributed by atoms with van der Waals surface area (Å²) >= 11 is 0. The molecule has 7 heavy (non-hydrogen) atoms. The zero-order valence-corrected chi connectivity index (χ0v) is 4.64. The average molecular weight is 125 g/mol. The summed E-state index contributed by atoms with van der Waals surface area (Å²) in [5.74, 6) is 0. The van der Waals surface area contributed by atoms with Gasteiger partial charge in [0, 0.05) is 0 Å². The third kappa shape index (κ3) is 2.55. The second kappa shape index (κ2) is 1.77. The van der Waals surface area contributed by atoms with E-state index in [9.17, 15) is 8.42 Å². The molecule has 0 radical (unpaired) electrons. The predicted molar refractivity (Wildman–Crippen MR) is 25.2 cm³/mol. The number of hydrogen-bond acceptors (Lipinski definition) is 3. The van der Waals surface area contributed by atoms with Crippen LogP contribution in [-0.2, 0) is 10.1 Å². The molecule has 1 unspecified atom stereocenters. The van der Waals surface area contributed by atoms with Crippen molar-refractivity contribution < 1.29 is 13.0 Å². The van der Waals surface area contributed by atoms with Crippen molar-refractivity contribution >= 4 is 10.1 Å². The molecule has 0 aromatic rings. The molecule has 0 aliphatic heterocycles. The van der Waals surface area contributed by atoms with E-state index in [4.69, 9.17) is 10.3 Å². The van der Waals surface area contributed by atoms with E-state index in [2.05, 4.69) is 0 Å². The average Bonchev–Trinajstić information content (AvgIpc) is 1.31. The summed E-state index contributed by atoms with van der Waals surface area (Å²) in [5.41, 5.74) is 4.73. The maximum atomic E-state index is 9.76. The van der Waals surface area contributed by atoms with E-state index in [1.54, 1.807) is 0 Å². The highest BCUT2D eigenvalue weighted by Crippen LogP contribution is 1.84. The van der Waals surface area contributed by atoms with Crippen molar-refractivity contribution in [1.29, 1.82) is 0 Å². The van der Waals surface area contributed by atoms with Crippen molar-refractivity contribution in [3.05, 3.63) is 0 Å². The lowest BCUT2D eigenvalue weighted by atomic mass is 10.8. The van der Waals surface area contributed by atoms with Gasteiger partial charge in [0.1, 0.15) is 5.37 Å². The molecule has 0 heterocycles. The van der Waals surface area contributed by atoms with Crippen molar-refractivity contribution in [2.24, 2.45) is 5.73 Å². The third-order valence-corrected chi connectivity index (χ3v) is 1.41. The molecule has 0 bridgehead atoms. The van der Waals surface area contributed by atoms with Crippen LogP contribution in [0.25, 0.3) is 0 Å². The van der Waals surface area contributed by atoms with E-state index in [-0.39, 0.29) is 0 Å². The van der Waals surface area contributed by atoms with E-state index in [1.165, 1.54) is 6.92 Å². The summed E-state index contributed by atoms with van der Waals surface area (Å²) in [4.78, 5) is 0. The molecule has 0 aliphatic rings. The highest BCUT2D eigenvalue weighted by atomic mass is 32.2. The highest BCUT2D eigenvalue weighted by molar-refractivity contribution is 7.86. The van der Waals surface area contributed by atoms with Crippen LogP contribution in [0, 0.1) is 0 Å². The van der Waals surface area contributed by atoms with Gasteiger partial charge in [-0.05, 0) is 6.92 Å². The van der Waals surface area contributed by atoms with E-state index in [1.807, 2.05) is 0 Å². The number of rotatable bonds is 1. The van der Waals surface area contributed by atoms with E-state index < -0.39 is 15.5 Å². The van der Waals surface area contributed by atoms with Gasteiger partial charge in [-0.3, -0.25) is 4.55 Å². The molecule has 0 aromatic carbocycles. The smallest absolute Gasteiger partial charge is 0.280 e. The Balaban J connectivity index is 4.10. The molecular weight excluding hydrogens is 118 g/mol. The van der Waals surface area contributed by atoms with E-state index in [0.717, 1.165) is 0 Å². The Hall–Kier alpha value is -0.130. The van der Waals surface area contributed by atoms with Crippen molar-refractivity contribution in [3.63, 3.8) is 0 Å².